The molecular formula is C44H44N2O2. The van der Waals surface area contributed by atoms with Crippen LogP contribution in [0.1, 0.15) is 36.8 Å². The first-order chi connectivity index (χ1) is 23.6. The van der Waals surface area contributed by atoms with Gasteiger partial charge >= 0.3 is 0 Å². The summed E-state index contributed by atoms with van der Waals surface area (Å²) in [7, 11) is 0. The fraction of sp³-hybridized carbons (Fsp3) is 0.182. The number of unbranched alkanes of at least 4 members (excludes halogenated alkanes) is 2. The lowest BCUT2D eigenvalue weighted by Gasteiger charge is -2.10. The van der Waals surface area contributed by atoms with Gasteiger partial charge in [0.25, 0.3) is 0 Å². The van der Waals surface area contributed by atoms with Crippen molar-refractivity contribution in [3.05, 3.63) is 157 Å². The molecule has 0 fully saturated rings. The maximum atomic E-state index is 6.03. The molecule has 0 aromatic heterocycles. The molecule has 0 aliphatic carbocycles. The fourth-order valence-corrected chi connectivity index (χ4v) is 5.81. The maximum Gasteiger partial charge on any atom is 0.119 e. The van der Waals surface area contributed by atoms with Crippen LogP contribution in [0.3, 0.4) is 0 Å². The molecule has 0 unspecified atom stereocenters. The standard InChI is InChI=1S/C44H44N2O2/c45-41-23-15-37(16-24-41)35-11-7-33(8-12-35)5-1-3-31-47-43-27-19-39(20-28-43)40-21-29-44(30-22-40)48-32-4-2-6-34-9-13-36(14-10-34)38-17-25-42(46)26-18-38/h7-30H,1-6,31-32,45-46H2. The fourth-order valence-electron chi connectivity index (χ4n) is 5.81. The molecule has 6 aromatic rings. The summed E-state index contributed by atoms with van der Waals surface area (Å²) in [5.74, 6) is 1.81. The van der Waals surface area contributed by atoms with Crippen LogP contribution in [-0.4, -0.2) is 13.2 Å². The molecule has 0 aliphatic heterocycles. The van der Waals surface area contributed by atoms with E-state index in [2.05, 4.69) is 121 Å². The first-order valence-corrected chi connectivity index (χ1v) is 16.9. The highest BCUT2D eigenvalue weighted by atomic mass is 16.5. The van der Waals surface area contributed by atoms with E-state index >= 15 is 0 Å². The van der Waals surface area contributed by atoms with Gasteiger partial charge < -0.3 is 20.9 Å². The SMILES string of the molecule is Nc1ccc(-c2ccc(CCCCOc3ccc(-c4ccc(OCCCCc5ccc(-c6ccc(N)cc6)cc5)cc4)cc3)cc2)cc1. The van der Waals surface area contributed by atoms with E-state index in [0.29, 0.717) is 13.2 Å². The molecule has 0 amide bonds. The Balaban J connectivity index is 0.859. The molecule has 0 atom stereocenters. The lowest BCUT2D eigenvalue weighted by atomic mass is 10.0. The van der Waals surface area contributed by atoms with Crippen molar-refractivity contribution in [3.63, 3.8) is 0 Å². The number of nitrogen functional groups attached to an aromatic ring is 2. The molecule has 4 nitrogen and oxygen atoms in total. The van der Waals surface area contributed by atoms with Crippen LogP contribution in [0.5, 0.6) is 11.5 Å². The first kappa shape index (κ1) is 32.5. The van der Waals surface area contributed by atoms with E-state index in [1.165, 1.54) is 44.5 Å². The zero-order chi connectivity index (χ0) is 33.0. The van der Waals surface area contributed by atoms with Gasteiger partial charge in [-0.2, -0.15) is 0 Å². The molecule has 4 N–H and O–H groups in total. The van der Waals surface area contributed by atoms with Crippen LogP contribution in [0.25, 0.3) is 33.4 Å². The molecule has 6 rings (SSSR count). The zero-order valence-corrected chi connectivity index (χ0v) is 27.5. The number of hydrogen-bond acceptors (Lipinski definition) is 4. The Kier molecular flexibility index (Phi) is 11.1. The average molecular weight is 633 g/mol. The topological polar surface area (TPSA) is 70.5 Å². The zero-order valence-electron chi connectivity index (χ0n) is 27.5. The van der Waals surface area contributed by atoms with Crippen LogP contribution in [-0.2, 0) is 12.8 Å². The molecule has 0 radical (unpaired) electrons. The molecule has 48 heavy (non-hydrogen) atoms. The normalized spacial score (nSPS) is 10.9. The Hall–Kier alpha value is -5.48. The summed E-state index contributed by atoms with van der Waals surface area (Å²) in [5, 5.41) is 0. The van der Waals surface area contributed by atoms with Crippen molar-refractivity contribution < 1.29 is 9.47 Å². The highest BCUT2D eigenvalue weighted by molar-refractivity contribution is 5.67. The minimum absolute atomic E-state index is 0.714. The van der Waals surface area contributed by atoms with Crippen molar-refractivity contribution >= 4 is 11.4 Å². The molecule has 4 heteroatoms. The first-order valence-electron chi connectivity index (χ1n) is 16.9. The summed E-state index contributed by atoms with van der Waals surface area (Å²) in [6, 6.07) is 50.4. The Bertz CT molecular complexity index is 1690. The summed E-state index contributed by atoms with van der Waals surface area (Å²) in [4.78, 5) is 0. The van der Waals surface area contributed by atoms with Crippen LogP contribution in [0.15, 0.2) is 146 Å². The maximum absolute atomic E-state index is 6.03. The molecular weight excluding hydrogens is 588 g/mol. The summed E-state index contributed by atoms with van der Waals surface area (Å²) in [6.07, 6.45) is 6.31. The quantitative estimate of drug-likeness (QED) is 0.0873. The Morgan fingerprint density at radius 1 is 0.312 bits per heavy atom. The average Bonchev–Trinajstić information content (AvgIpc) is 3.13. The highest BCUT2D eigenvalue weighted by Crippen LogP contribution is 2.26. The molecule has 0 saturated carbocycles. The van der Waals surface area contributed by atoms with Gasteiger partial charge in [0.05, 0.1) is 13.2 Å². The number of aryl methyl sites for hydroxylation is 2. The van der Waals surface area contributed by atoms with Crippen molar-refractivity contribution in [2.45, 2.75) is 38.5 Å². The lowest BCUT2D eigenvalue weighted by molar-refractivity contribution is 0.306. The molecule has 0 aliphatic rings. The van der Waals surface area contributed by atoms with Crippen molar-refractivity contribution in [1.82, 2.24) is 0 Å². The number of rotatable bonds is 15. The second-order valence-electron chi connectivity index (χ2n) is 12.3. The van der Waals surface area contributed by atoms with Gasteiger partial charge in [0, 0.05) is 11.4 Å². The smallest absolute Gasteiger partial charge is 0.119 e. The van der Waals surface area contributed by atoms with E-state index in [4.69, 9.17) is 20.9 Å². The summed E-state index contributed by atoms with van der Waals surface area (Å²) < 4.78 is 12.1. The van der Waals surface area contributed by atoms with Gasteiger partial charge in [0.2, 0.25) is 0 Å². The van der Waals surface area contributed by atoms with Crippen LogP contribution in [0.2, 0.25) is 0 Å². The lowest BCUT2D eigenvalue weighted by Crippen LogP contribution is -1.98. The van der Waals surface area contributed by atoms with Crippen LogP contribution in [0.4, 0.5) is 11.4 Å². The van der Waals surface area contributed by atoms with Gasteiger partial charge in [-0.05, 0) is 132 Å². The van der Waals surface area contributed by atoms with Crippen molar-refractivity contribution in [1.29, 1.82) is 0 Å². The van der Waals surface area contributed by atoms with E-state index < -0.39 is 0 Å². The van der Waals surface area contributed by atoms with Crippen LogP contribution < -0.4 is 20.9 Å². The largest absolute Gasteiger partial charge is 0.494 e. The minimum Gasteiger partial charge on any atom is -0.494 e. The monoisotopic (exact) mass is 632 g/mol. The van der Waals surface area contributed by atoms with Crippen LogP contribution in [0, 0.1) is 0 Å². The van der Waals surface area contributed by atoms with Crippen molar-refractivity contribution in [3.8, 4) is 44.9 Å². The van der Waals surface area contributed by atoms with Gasteiger partial charge in [-0.3, -0.25) is 0 Å². The van der Waals surface area contributed by atoms with Gasteiger partial charge in [-0.1, -0.05) is 97.1 Å². The number of hydrogen-bond donors (Lipinski definition) is 2. The second-order valence-corrected chi connectivity index (χ2v) is 12.3. The van der Waals surface area contributed by atoms with E-state index in [0.717, 1.165) is 61.4 Å². The van der Waals surface area contributed by atoms with Gasteiger partial charge in [-0.15, -0.1) is 0 Å². The number of benzene rings is 6. The molecule has 242 valence electrons. The van der Waals surface area contributed by atoms with E-state index in [1.807, 2.05) is 24.3 Å². The summed E-state index contributed by atoms with van der Waals surface area (Å²) in [6.45, 7) is 1.43. The van der Waals surface area contributed by atoms with Crippen molar-refractivity contribution in [2.24, 2.45) is 0 Å². The Morgan fingerprint density at radius 3 is 0.896 bits per heavy atom. The molecule has 6 aromatic carbocycles. The summed E-state index contributed by atoms with van der Waals surface area (Å²) >= 11 is 0. The predicted octanol–water partition coefficient (Wildman–Crippen LogP) is 10.7. The minimum atomic E-state index is 0.714. The third-order valence-corrected chi connectivity index (χ3v) is 8.69. The third kappa shape index (κ3) is 9.29. The van der Waals surface area contributed by atoms with Crippen LogP contribution >= 0.6 is 0 Å². The number of anilines is 2. The Labute approximate surface area is 285 Å². The second kappa shape index (κ2) is 16.4. The number of nitrogens with two attached hydrogens (primary N) is 2. The van der Waals surface area contributed by atoms with E-state index in [9.17, 15) is 0 Å². The molecule has 0 saturated heterocycles. The third-order valence-electron chi connectivity index (χ3n) is 8.69. The highest BCUT2D eigenvalue weighted by Gasteiger charge is 2.03. The Morgan fingerprint density at radius 2 is 0.583 bits per heavy atom. The summed E-state index contributed by atoms with van der Waals surface area (Å²) in [5.41, 5.74) is 23.0. The van der Waals surface area contributed by atoms with Crippen molar-refractivity contribution in [2.75, 3.05) is 24.7 Å². The van der Waals surface area contributed by atoms with Gasteiger partial charge in [-0.25, -0.2) is 0 Å². The molecule has 0 bridgehead atoms. The number of ether oxygens (including phenoxy) is 2. The molecule has 0 spiro atoms. The van der Waals surface area contributed by atoms with E-state index in [-0.39, 0.29) is 0 Å². The van der Waals surface area contributed by atoms with Gasteiger partial charge in [0.15, 0.2) is 0 Å². The van der Waals surface area contributed by atoms with E-state index in [1.54, 1.807) is 0 Å². The predicted molar refractivity (Wildman–Crippen MR) is 201 cm³/mol. The van der Waals surface area contributed by atoms with Gasteiger partial charge in [0.1, 0.15) is 11.5 Å². The molecule has 0 heterocycles.